The highest BCUT2D eigenvalue weighted by atomic mass is 16.5. The van der Waals surface area contributed by atoms with Gasteiger partial charge in [0.2, 0.25) is 0 Å². The fourth-order valence-electron chi connectivity index (χ4n) is 1.28. The van der Waals surface area contributed by atoms with Gasteiger partial charge in [-0.15, -0.1) is 0 Å². The first-order valence-electron chi connectivity index (χ1n) is 5.72. The van der Waals surface area contributed by atoms with Crippen LogP contribution in [0.25, 0.3) is 0 Å². The maximum atomic E-state index is 5.46. The van der Waals surface area contributed by atoms with Gasteiger partial charge in [-0.05, 0) is 44.7 Å². The molecule has 1 saturated carbocycles. The van der Waals surface area contributed by atoms with Crippen LogP contribution >= 0.6 is 0 Å². The molecule has 0 aliphatic heterocycles. The van der Waals surface area contributed by atoms with Crippen molar-refractivity contribution in [1.82, 2.24) is 5.32 Å². The maximum absolute atomic E-state index is 5.46. The molecule has 0 atom stereocenters. The summed E-state index contributed by atoms with van der Waals surface area (Å²) < 4.78 is 5.46. The Hall–Kier alpha value is -0.0800. The minimum atomic E-state index is 0.928. The quantitative estimate of drug-likeness (QED) is 0.556. The molecule has 2 heteroatoms. The molecule has 78 valence electrons. The fourth-order valence-corrected chi connectivity index (χ4v) is 1.28. The Morgan fingerprint density at radius 2 is 2.00 bits per heavy atom. The van der Waals surface area contributed by atoms with Crippen LogP contribution in [0.4, 0.5) is 0 Å². The van der Waals surface area contributed by atoms with Crippen LogP contribution in [0.3, 0.4) is 0 Å². The highest BCUT2D eigenvalue weighted by molar-refractivity contribution is 4.74. The zero-order valence-electron chi connectivity index (χ0n) is 8.85. The Morgan fingerprint density at radius 1 is 1.23 bits per heavy atom. The molecule has 0 radical (unpaired) electrons. The minimum Gasteiger partial charge on any atom is -0.381 e. The Labute approximate surface area is 82.0 Å². The number of unbranched alkanes of at least 4 members (excludes halogenated alkanes) is 1. The highest BCUT2D eigenvalue weighted by Crippen LogP contribution is 2.27. The lowest BCUT2D eigenvalue weighted by atomic mass is 10.3. The summed E-state index contributed by atoms with van der Waals surface area (Å²) >= 11 is 0. The molecule has 0 aromatic heterocycles. The van der Waals surface area contributed by atoms with Gasteiger partial charge in [0.1, 0.15) is 0 Å². The minimum absolute atomic E-state index is 0.928. The van der Waals surface area contributed by atoms with E-state index in [1.54, 1.807) is 0 Å². The summed E-state index contributed by atoms with van der Waals surface area (Å²) in [4.78, 5) is 0. The van der Waals surface area contributed by atoms with Crippen LogP contribution in [0.5, 0.6) is 0 Å². The van der Waals surface area contributed by atoms with Gasteiger partial charge in [-0.1, -0.05) is 13.3 Å². The van der Waals surface area contributed by atoms with Crippen LogP contribution < -0.4 is 5.32 Å². The molecule has 1 N–H and O–H groups in total. The van der Waals surface area contributed by atoms with Crippen molar-refractivity contribution in [1.29, 1.82) is 0 Å². The van der Waals surface area contributed by atoms with E-state index in [-0.39, 0.29) is 0 Å². The molecular weight excluding hydrogens is 162 g/mol. The largest absolute Gasteiger partial charge is 0.381 e. The highest BCUT2D eigenvalue weighted by Gasteiger charge is 2.19. The van der Waals surface area contributed by atoms with Gasteiger partial charge in [0, 0.05) is 13.2 Å². The summed E-state index contributed by atoms with van der Waals surface area (Å²) in [5, 5.41) is 3.46. The summed E-state index contributed by atoms with van der Waals surface area (Å²) in [7, 11) is 0. The molecular formula is C11H23NO. The maximum Gasteiger partial charge on any atom is 0.0478 e. The van der Waals surface area contributed by atoms with Gasteiger partial charge < -0.3 is 10.1 Å². The van der Waals surface area contributed by atoms with Crippen molar-refractivity contribution in [2.24, 2.45) is 5.92 Å². The molecule has 13 heavy (non-hydrogen) atoms. The van der Waals surface area contributed by atoms with Crippen molar-refractivity contribution in [3.63, 3.8) is 0 Å². The van der Waals surface area contributed by atoms with Crippen molar-refractivity contribution in [2.45, 2.75) is 39.0 Å². The first-order valence-corrected chi connectivity index (χ1v) is 5.72. The van der Waals surface area contributed by atoms with Crippen molar-refractivity contribution in [2.75, 3.05) is 26.3 Å². The Bertz CT molecular complexity index is 113. The predicted molar refractivity (Wildman–Crippen MR) is 55.9 cm³/mol. The van der Waals surface area contributed by atoms with Crippen LogP contribution in [0.2, 0.25) is 0 Å². The van der Waals surface area contributed by atoms with Crippen LogP contribution in [0.1, 0.15) is 39.0 Å². The van der Waals surface area contributed by atoms with Crippen molar-refractivity contribution in [3.05, 3.63) is 0 Å². The first-order chi connectivity index (χ1) is 6.43. The lowest BCUT2D eigenvalue weighted by Crippen LogP contribution is -2.19. The standard InChI is InChI=1S/C11H23NO/c1-2-3-8-13-9-4-7-12-10-11-5-6-11/h11-12H,2-10H2,1H3. The van der Waals surface area contributed by atoms with E-state index in [4.69, 9.17) is 4.74 Å². The van der Waals surface area contributed by atoms with E-state index in [1.807, 2.05) is 0 Å². The van der Waals surface area contributed by atoms with Crippen LogP contribution in [0.15, 0.2) is 0 Å². The summed E-state index contributed by atoms with van der Waals surface area (Å²) in [5.41, 5.74) is 0. The van der Waals surface area contributed by atoms with E-state index < -0.39 is 0 Å². The lowest BCUT2D eigenvalue weighted by molar-refractivity contribution is 0.129. The second kappa shape index (κ2) is 7.34. The molecule has 2 nitrogen and oxygen atoms in total. The van der Waals surface area contributed by atoms with E-state index in [1.165, 1.54) is 32.2 Å². The second-order valence-electron chi connectivity index (χ2n) is 3.97. The molecule has 1 aliphatic rings. The van der Waals surface area contributed by atoms with Crippen molar-refractivity contribution in [3.8, 4) is 0 Å². The van der Waals surface area contributed by atoms with E-state index in [2.05, 4.69) is 12.2 Å². The summed E-state index contributed by atoms with van der Waals surface area (Å²) in [5.74, 6) is 1.00. The molecule has 1 rings (SSSR count). The molecule has 1 aliphatic carbocycles. The van der Waals surface area contributed by atoms with Crippen LogP contribution in [-0.4, -0.2) is 26.3 Å². The topological polar surface area (TPSA) is 21.3 Å². The van der Waals surface area contributed by atoms with Gasteiger partial charge >= 0.3 is 0 Å². The third-order valence-electron chi connectivity index (χ3n) is 2.41. The Balaban J connectivity index is 1.63. The van der Waals surface area contributed by atoms with E-state index in [0.29, 0.717) is 0 Å². The third kappa shape index (κ3) is 7.03. The van der Waals surface area contributed by atoms with Gasteiger partial charge in [-0.2, -0.15) is 0 Å². The smallest absolute Gasteiger partial charge is 0.0478 e. The molecule has 0 heterocycles. The summed E-state index contributed by atoms with van der Waals surface area (Å²) in [6.07, 6.45) is 6.49. The third-order valence-corrected chi connectivity index (χ3v) is 2.41. The van der Waals surface area contributed by atoms with E-state index in [9.17, 15) is 0 Å². The Morgan fingerprint density at radius 3 is 2.69 bits per heavy atom. The van der Waals surface area contributed by atoms with Gasteiger partial charge in [-0.25, -0.2) is 0 Å². The molecule has 1 fully saturated rings. The fraction of sp³-hybridized carbons (Fsp3) is 1.00. The zero-order valence-corrected chi connectivity index (χ0v) is 8.85. The van der Waals surface area contributed by atoms with Crippen LogP contribution in [-0.2, 0) is 4.74 Å². The monoisotopic (exact) mass is 185 g/mol. The van der Waals surface area contributed by atoms with E-state index in [0.717, 1.165) is 32.1 Å². The van der Waals surface area contributed by atoms with Crippen molar-refractivity contribution < 1.29 is 4.74 Å². The SMILES string of the molecule is CCCCOCCCNCC1CC1. The number of nitrogens with one attached hydrogen (secondary N) is 1. The van der Waals surface area contributed by atoms with Gasteiger partial charge in [0.05, 0.1) is 0 Å². The molecule has 0 spiro atoms. The number of hydrogen-bond donors (Lipinski definition) is 1. The molecule has 0 bridgehead atoms. The molecule has 0 saturated heterocycles. The average molecular weight is 185 g/mol. The lowest BCUT2D eigenvalue weighted by Gasteiger charge is -2.04. The summed E-state index contributed by atoms with van der Waals surface area (Å²) in [6.45, 7) is 6.43. The van der Waals surface area contributed by atoms with Gasteiger partial charge in [0.25, 0.3) is 0 Å². The molecule has 0 aromatic rings. The first kappa shape index (κ1) is 11.0. The van der Waals surface area contributed by atoms with Crippen LogP contribution in [0, 0.1) is 5.92 Å². The number of hydrogen-bond acceptors (Lipinski definition) is 2. The normalized spacial score (nSPS) is 16.4. The molecule has 0 unspecified atom stereocenters. The average Bonchev–Trinajstić information content (AvgIpc) is 2.93. The second-order valence-corrected chi connectivity index (χ2v) is 3.97. The number of ether oxygens (including phenoxy) is 1. The summed E-state index contributed by atoms with van der Waals surface area (Å²) in [6, 6.07) is 0. The van der Waals surface area contributed by atoms with Gasteiger partial charge in [-0.3, -0.25) is 0 Å². The van der Waals surface area contributed by atoms with Crippen molar-refractivity contribution >= 4 is 0 Å². The Kier molecular flexibility index (Phi) is 6.21. The zero-order chi connectivity index (χ0) is 9.36. The molecule has 0 amide bonds. The van der Waals surface area contributed by atoms with Gasteiger partial charge in [0.15, 0.2) is 0 Å². The predicted octanol–water partition coefficient (Wildman–Crippen LogP) is 2.19. The molecule has 0 aromatic carbocycles. The number of rotatable bonds is 9. The van der Waals surface area contributed by atoms with E-state index >= 15 is 0 Å².